The van der Waals surface area contributed by atoms with Crippen molar-refractivity contribution in [1.29, 1.82) is 0 Å². The predicted molar refractivity (Wildman–Crippen MR) is 78.2 cm³/mol. The summed E-state index contributed by atoms with van der Waals surface area (Å²) < 4.78 is 19.0. The van der Waals surface area contributed by atoms with Gasteiger partial charge in [0.2, 0.25) is 0 Å². The number of phenolic OH excluding ortho intramolecular Hbond substituents is 1. The first-order valence-electron chi connectivity index (χ1n) is 6.63. The number of benzene rings is 2. The standard InChI is InChI=1S/C16H16FNO3/c1-2-8-21-13-5-3-4-11(9-13)16(20)18-15-7-6-12(19)10-14(15)17/h3-7,9-10,19H,2,8H2,1H3,(H,18,20). The summed E-state index contributed by atoms with van der Waals surface area (Å²) in [5.41, 5.74) is 0.383. The second kappa shape index (κ2) is 6.74. The second-order valence-corrected chi connectivity index (χ2v) is 4.49. The molecular weight excluding hydrogens is 273 g/mol. The molecule has 0 unspecified atom stereocenters. The van der Waals surface area contributed by atoms with Crippen molar-refractivity contribution in [2.75, 3.05) is 11.9 Å². The molecule has 0 aliphatic carbocycles. The lowest BCUT2D eigenvalue weighted by Crippen LogP contribution is -2.13. The van der Waals surface area contributed by atoms with Gasteiger partial charge in [-0.3, -0.25) is 4.79 Å². The van der Waals surface area contributed by atoms with E-state index in [1.54, 1.807) is 24.3 Å². The van der Waals surface area contributed by atoms with Crippen molar-refractivity contribution in [2.24, 2.45) is 0 Å². The zero-order valence-corrected chi connectivity index (χ0v) is 11.6. The lowest BCUT2D eigenvalue weighted by molar-refractivity contribution is 0.102. The Labute approximate surface area is 122 Å². The number of phenols is 1. The maximum Gasteiger partial charge on any atom is 0.255 e. The van der Waals surface area contributed by atoms with Crippen LogP contribution < -0.4 is 10.1 Å². The molecule has 4 nitrogen and oxygen atoms in total. The van der Waals surface area contributed by atoms with Crippen molar-refractivity contribution in [3.05, 3.63) is 53.8 Å². The molecule has 2 rings (SSSR count). The van der Waals surface area contributed by atoms with E-state index >= 15 is 0 Å². The second-order valence-electron chi connectivity index (χ2n) is 4.49. The first-order chi connectivity index (χ1) is 10.1. The number of nitrogens with one attached hydrogen (secondary N) is 1. The number of hydrogen-bond acceptors (Lipinski definition) is 3. The molecule has 0 saturated carbocycles. The van der Waals surface area contributed by atoms with Crippen LogP contribution in [0, 0.1) is 5.82 Å². The van der Waals surface area contributed by atoms with Crippen LogP contribution in [-0.2, 0) is 0 Å². The molecule has 2 N–H and O–H groups in total. The monoisotopic (exact) mass is 289 g/mol. The van der Waals surface area contributed by atoms with E-state index in [0.717, 1.165) is 12.5 Å². The van der Waals surface area contributed by atoms with Gasteiger partial charge in [-0.2, -0.15) is 0 Å². The lowest BCUT2D eigenvalue weighted by Gasteiger charge is -2.09. The van der Waals surface area contributed by atoms with Gasteiger partial charge in [0.05, 0.1) is 12.3 Å². The Kier molecular flexibility index (Phi) is 4.77. The largest absolute Gasteiger partial charge is 0.508 e. The van der Waals surface area contributed by atoms with Gasteiger partial charge in [-0.1, -0.05) is 13.0 Å². The quantitative estimate of drug-likeness (QED) is 0.827. The maximum absolute atomic E-state index is 13.6. The topological polar surface area (TPSA) is 58.6 Å². The highest BCUT2D eigenvalue weighted by atomic mass is 19.1. The summed E-state index contributed by atoms with van der Waals surface area (Å²) in [5, 5.41) is 11.6. The average molecular weight is 289 g/mol. The highest BCUT2D eigenvalue weighted by Gasteiger charge is 2.10. The Bertz CT molecular complexity index is 643. The van der Waals surface area contributed by atoms with Crippen LogP contribution in [-0.4, -0.2) is 17.6 Å². The molecule has 1 amide bonds. The summed E-state index contributed by atoms with van der Waals surface area (Å²) in [6.45, 7) is 2.56. The van der Waals surface area contributed by atoms with E-state index in [-0.39, 0.29) is 11.4 Å². The fraction of sp³-hybridized carbons (Fsp3) is 0.188. The molecule has 0 fully saturated rings. The number of rotatable bonds is 5. The Balaban J connectivity index is 2.12. The van der Waals surface area contributed by atoms with Crippen LogP contribution in [0.2, 0.25) is 0 Å². The van der Waals surface area contributed by atoms with Gasteiger partial charge in [0.15, 0.2) is 0 Å². The first-order valence-corrected chi connectivity index (χ1v) is 6.63. The van der Waals surface area contributed by atoms with Crippen molar-refractivity contribution >= 4 is 11.6 Å². The minimum atomic E-state index is -0.693. The van der Waals surface area contributed by atoms with Crippen molar-refractivity contribution in [3.8, 4) is 11.5 Å². The van der Waals surface area contributed by atoms with Crippen LogP contribution in [0.15, 0.2) is 42.5 Å². The van der Waals surface area contributed by atoms with Crippen LogP contribution in [0.4, 0.5) is 10.1 Å². The minimum Gasteiger partial charge on any atom is -0.508 e. The fourth-order valence-electron chi connectivity index (χ4n) is 1.75. The van der Waals surface area contributed by atoms with E-state index in [0.29, 0.717) is 17.9 Å². The van der Waals surface area contributed by atoms with Gasteiger partial charge in [0, 0.05) is 11.6 Å². The molecule has 5 heteroatoms. The van der Waals surface area contributed by atoms with E-state index < -0.39 is 11.7 Å². The smallest absolute Gasteiger partial charge is 0.255 e. The van der Waals surface area contributed by atoms with Gasteiger partial charge in [0.25, 0.3) is 5.91 Å². The number of carbonyl (C=O) groups is 1. The first kappa shape index (κ1) is 14.8. The van der Waals surface area contributed by atoms with Crippen molar-refractivity contribution in [3.63, 3.8) is 0 Å². The number of anilines is 1. The predicted octanol–water partition coefficient (Wildman–Crippen LogP) is 3.57. The van der Waals surface area contributed by atoms with Gasteiger partial charge in [-0.05, 0) is 36.8 Å². The molecule has 0 bridgehead atoms. The summed E-state index contributed by atoms with van der Waals surface area (Å²) in [6.07, 6.45) is 0.870. The van der Waals surface area contributed by atoms with E-state index in [4.69, 9.17) is 9.84 Å². The van der Waals surface area contributed by atoms with E-state index in [1.807, 2.05) is 6.92 Å². The Morgan fingerprint density at radius 3 is 2.81 bits per heavy atom. The summed E-state index contributed by atoms with van der Waals surface area (Å²) in [6, 6.07) is 10.2. The normalized spacial score (nSPS) is 10.2. The Morgan fingerprint density at radius 1 is 1.29 bits per heavy atom. The van der Waals surface area contributed by atoms with Crippen molar-refractivity contribution in [1.82, 2.24) is 0 Å². The average Bonchev–Trinajstić information content (AvgIpc) is 2.48. The van der Waals surface area contributed by atoms with Crippen molar-refractivity contribution < 1.29 is 19.0 Å². The van der Waals surface area contributed by atoms with Gasteiger partial charge in [-0.25, -0.2) is 4.39 Å². The molecule has 110 valence electrons. The van der Waals surface area contributed by atoms with Crippen LogP contribution in [0.25, 0.3) is 0 Å². The number of carbonyl (C=O) groups excluding carboxylic acids is 1. The lowest BCUT2D eigenvalue weighted by atomic mass is 10.2. The third-order valence-electron chi connectivity index (χ3n) is 2.77. The zero-order chi connectivity index (χ0) is 15.2. The molecule has 0 heterocycles. The molecule has 21 heavy (non-hydrogen) atoms. The minimum absolute atomic E-state index is 0.0117. The molecular formula is C16H16FNO3. The van der Waals surface area contributed by atoms with Crippen LogP contribution in [0.5, 0.6) is 11.5 Å². The van der Waals surface area contributed by atoms with Crippen LogP contribution in [0.3, 0.4) is 0 Å². The number of amides is 1. The van der Waals surface area contributed by atoms with Gasteiger partial charge in [-0.15, -0.1) is 0 Å². The number of halogens is 1. The summed E-state index contributed by atoms with van der Waals surface area (Å²) >= 11 is 0. The van der Waals surface area contributed by atoms with E-state index in [9.17, 15) is 9.18 Å². The zero-order valence-electron chi connectivity index (χ0n) is 11.6. The maximum atomic E-state index is 13.6. The van der Waals surface area contributed by atoms with Gasteiger partial charge < -0.3 is 15.2 Å². The molecule has 0 aliphatic rings. The number of hydrogen-bond donors (Lipinski definition) is 2. The van der Waals surface area contributed by atoms with E-state index in [1.165, 1.54) is 12.1 Å². The molecule has 0 spiro atoms. The summed E-state index contributed by atoms with van der Waals surface area (Å²) in [7, 11) is 0. The molecule has 0 aromatic heterocycles. The van der Waals surface area contributed by atoms with Crippen LogP contribution in [0.1, 0.15) is 23.7 Å². The summed E-state index contributed by atoms with van der Waals surface area (Å²) in [5.74, 6) is -0.737. The van der Waals surface area contributed by atoms with E-state index in [2.05, 4.69) is 5.32 Å². The van der Waals surface area contributed by atoms with Crippen molar-refractivity contribution in [2.45, 2.75) is 13.3 Å². The molecule has 2 aromatic carbocycles. The molecule has 0 radical (unpaired) electrons. The molecule has 0 atom stereocenters. The molecule has 2 aromatic rings. The van der Waals surface area contributed by atoms with Gasteiger partial charge >= 0.3 is 0 Å². The Morgan fingerprint density at radius 2 is 2.10 bits per heavy atom. The number of ether oxygens (including phenoxy) is 1. The highest BCUT2D eigenvalue weighted by Crippen LogP contribution is 2.21. The third kappa shape index (κ3) is 3.95. The van der Waals surface area contributed by atoms with Gasteiger partial charge in [0.1, 0.15) is 17.3 Å². The molecule has 0 aliphatic heterocycles. The molecule has 0 saturated heterocycles. The summed E-state index contributed by atoms with van der Waals surface area (Å²) in [4.78, 5) is 12.1. The number of aromatic hydroxyl groups is 1. The fourth-order valence-corrected chi connectivity index (χ4v) is 1.75. The van der Waals surface area contributed by atoms with Crippen LogP contribution >= 0.6 is 0 Å². The highest BCUT2D eigenvalue weighted by molar-refractivity contribution is 6.04. The third-order valence-corrected chi connectivity index (χ3v) is 2.77. The SMILES string of the molecule is CCCOc1cccc(C(=O)Nc2ccc(O)cc2F)c1. The Hall–Kier alpha value is -2.56.